The maximum Gasteiger partial charge on any atom is 0.573 e. The molecule has 0 spiro atoms. The fourth-order valence-corrected chi connectivity index (χ4v) is 5.40. The van der Waals surface area contributed by atoms with E-state index in [1.54, 1.807) is 4.57 Å². The van der Waals surface area contributed by atoms with Crippen molar-refractivity contribution in [3.8, 4) is 23.3 Å². The molecule has 1 N–H and O–H groups in total. The third-order valence-electron chi connectivity index (χ3n) is 7.80. The second kappa shape index (κ2) is 13.5. The van der Waals surface area contributed by atoms with Crippen LogP contribution in [0.1, 0.15) is 24.8 Å². The molecular formula is C32H32F3N5O6. The summed E-state index contributed by atoms with van der Waals surface area (Å²) in [5.74, 6) is 0.898. The van der Waals surface area contributed by atoms with Crippen LogP contribution < -0.4 is 29.2 Å². The van der Waals surface area contributed by atoms with Gasteiger partial charge in [0.15, 0.2) is 0 Å². The van der Waals surface area contributed by atoms with Crippen LogP contribution in [0.3, 0.4) is 0 Å². The summed E-state index contributed by atoms with van der Waals surface area (Å²) in [6.07, 6.45) is -0.956. The minimum absolute atomic E-state index is 0.222. The van der Waals surface area contributed by atoms with Gasteiger partial charge in [0, 0.05) is 48.5 Å². The maximum absolute atomic E-state index is 12.3. The number of benzene rings is 3. The highest BCUT2D eigenvalue weighted by Gasteiger charge is 2.31. The summed E-state index contributed by atoms with van der Waals surface area (Å²) in [7, 11) is 0. The molecular weight excluding hydrogens is 607 g/mol. The van der Waals surface area contributed by atoms with Crippen molar-refractivity contribution in [3.63, 3.8) is 0 Å². The number of hydrogen-bond donors (Lipinski definition) is 1. The Morgan fingerprint density at radius 3 is 2.22 bits per heavy atom. The second-order valence-corrected chi connectivity index (χ2v) is 11.1. The first-order valence-corrected chi connectivity index (χ1v) is 14.9. The zero-order valence-electron chi connectivity index (χ0n) is 24.7. The van der Waals surface area contributed by atoms with Gasteiger partial charge in [-0.3, -0.25) is 4.57 Å². The van der Waals surface area contributed by atoms with Gasteiger partial charge in [-0.2, -0.15) is 0 Å². The largest absolute Gasteiger partial charge is 0.573 e. The highest BCUT2D eigenvalue weighted by molar-refractivity contribution is 5.51. The standard InChI is InChI=1S/C32H32F3N5O6/c33-32(34,35)46-28-7-1-22(2-8-28)20-43-26-9-3-23(4-10-26)36-24-13-16-38(17-14-24)25-5-11-27(12-6-25)44-21-29-15-18-39-19-30(40(41)42)37-31(39)45-29/h1-12,19,24,29,36H,13-18,20-21H2. The van der Waals surface area contributed by atoms with Crippen LogP contribution in [0.5, 0.6) is 23.3 Å². The monoisotopic (exact) mass is 639 g/mol. The molecule has 4 aromatic rings. The van der Waals surface area contributed by atoms with Crippen LogP contribution in [0.25, 0.3) is 0 Å². The Labute approximate surface area is 262 Å². The van der Waals surface area contributed by atoms with Gasteiger partial charge in [0.25, 0.3) is 0 Å². The van der Waals surface area contributed by atoms with Crippen molar-refractivity contribution in [1.82, 2.24) is 9.55 Å². The van der Waals surface area contributed by atoms with Gasteiger partial charge in [0.1, 0.15) is 42.8 Å². The fourth-order valence-electron chi connectivity index (χ4n) is 5.40. The van der Waals surface area contributed by atoms with Gasteiger partial charge in [0.2, 0.25) is 0 Å². The van der Waals surface area contributed by atoms with Crippen molar-refractivity contribution in [2.45, 2.75) is 50.9 Å². The molecule has 1 atom stereocenters. The molecule has 1 saturated heterocycles. The molecule has 0 aliphatic carbocycles. The number of hydrogen-bond acceptors (Lipinski definition) is 9. The number of nitrogens with one attached hydrogen (secondary N) is 1. The first kappa shape index (κ1) is 30.9. The first-order chi connectivity index (χ1) is 22.2. The molecule has 6 rings (SSSR count). The average Bonchev–Trinajstić information content (AvgIpc) is 3.48. The molecule has 0 saturated carbocycles. The average molecular weight is 640 g/mol. The van der Waals surface area contributed by atoms with E-state index in [4.69, 9.17) is 14.2 Å². The van der Waals surface area contributed by atoms with E-state index < -0.39 is 11.3 Å². The zero-order chi connectivity index (χ0) is 32.1. The van der Waals surface area contributed by atoms with E-state index in [0.29, 0.717) is 31.4 Å². The third kappa shape index (κ3) is 8.11. The summed E-state index contributed by atoms with van der Waals surface area (Å²) in [6.45, 7) is 2.94. The molecule has 1 aromatic heterocycles. The first-order valence-electron chi connectivity index (χ1n) is 14.9. The summed E-state index contributed by atoms with van der Waals surface area (Å²) >= 11 is 0. The van der Waals surface area contributed by atoms with Gasteiger partial charge >= 0.3 is 18.2 Å². The van der Waals surface area contributed by atoms with Crippen LogP contribution in [0.4, 0.5) is 30.4 Å². The normalized spacial score (nSPS) is 16.7. The number of piperidine rings is 1. The smallest absolute Gasteiger partial charge is 0.490 e. The van der Waals surface area contributed by atoms with Gasteiger partial charge in [-0.05, 0) is 84.0 Å². The Morgan fingerprint density at radius 2 is 1.54 bits per heavy atom. The van der Waals surface area contributed by atoms with Crippen LogP contribution in [-0.2, 0) is 13.2 Å². The lowest BCUT2D eigenvalue weighted by atomic mass is 10.0. The molecule has 11 nitrogen and oxygen atoms in total. The number of rotatable bonds is 11. The van der Waals surface area contributed by atoms with Crippen molar-refractivity contribution in [1.29, 1.82) is 0 Å². The molecule has 3 aromatic carbocycles. The van der Waals surface area contributed by atoms with E-state index in [2.05, 4.69) is 19.9 Å². The molecule has 14 heteroatoms. The third-order valence-corrected chi connectivity index (χ3v) is 7.80. The van der Waals surface area contributed by atoms with Crippen molar-refractivity contribution >= 4 is 17.2 Å². The predicted octanol–water partition coefficient (Wildman–Crippen LogP) is 6.58. The molecule has 1 unspecified atom stereocenters. The van der Waals surface area contributed by atoms with Crippen LogP contribution in [0.2, 0.25) is 0 Å². The Hall–Kier alpha value is -5.14. The van der Waals surface area contributed by atoms with Crippen LogP contribution in [0.15, 0.2) is 79.0 Å². The Morgan fingerprint density at radius 1 is 0.891 bits per heavy atom. The topological polar surface area (TPSA) is 113 Å². The molecule has 1 fully saturated rings. The summed E-state index contributed by atoms with van der Waals surface area (Å²) in [6, 6.07) is 21.8. The summed E-state index contributed by atoms with van der Waals surface area (Å²) < 4.78 is 60.0. The van der Waals surface area contributed by atoms with Crippen molar-refractivity contribution < 1.29 is 37.0 Å². The molecule has 0 bridgehead atoms. The Balaban J connectivity index is 0.906. The Bertz CT molecular complexity index is 1610. The minimum atomic E-state index is -4.72. The summed E-state index contributed by atoms with van der Waals surface area (Å²) in [5.41, 5.74) is 2.84. The Kier molecular flexibility index (Phi) is 9.04. The number of anilines is 2. The number of halogens is 3. The summed E-state index contributed by atoms with van der Waals surface area (Å²) in [4.78, 5) is 16.7. The van der Waals surface area contributed by atoms with Gasteiger partial charge < -0.3 is 39.3 Å². The number of fused-ring (bicyclic) bond motifs is 1. The van der Waals surface area contributed by atoms with Crippen molar-refractivity contribution in [2.24, 2.45) is 0 Å². The van der Waals surface area contributed by atoms with E-state index in [9.17, 15) is 23.3 Å². The molecule has 3 heterocycles. The lowest BCUT2D eigenvalue weighted by Gasteiger charge is -2.34. The van der Waals surface area contributed by atoms with Crippen molar-refractivity contribution in [3.05, 3.63) is 94.7 Å². The highest BCUT2D eigenvalue weighted by atomic mass is 19.4. The highest BCUT2D eigenvalue weighted by Crippen LogP contribution is 2.28. The van der Waals surface area contributed by atoms with Gasteiger partial charge in [0.05, 0.1) is 0 Å². The number of alkyl halides is 3. The minimum Gasteiger partial charge on any atom is -0.490 e. The molecule has 242 valence electrons. The van der Waals surface area contributed by atoms with Gasteiger partial charge in [-0.1, -0.05) is 12.1 Å². The van der Waals surface area contributed by atoms with E-state index in [1.807, 2.05) is 48.5 Å². The number of aryl methyl sites for hydroxylation is 1. The predicted molar refractivity (Wildman–Crippen MR) is 163 cm³/mol. The molecule has 0 amide bonds. The van der Waals surface area contributed by atoms with E-state index in [1.165, 1.54) is 30.5 Å². The van der Waals surface area contributed by atoms with Crippen LogP contribution in [-0.4, -0.2) is 52.7 Å². The van der Waals surface area contributed by atoms with E-state index >= 15 is 0 Å². The zero-order valence-corrected chi connectivity index (χ0v) is 24.7. The maximum atomic E-state index is 12.3. The SMILES string of the molecule is O=[N+]([O-])c1cn2c(n1)OC(COc1ccc(N3CCC(Nc4ccc(OCc5ccc(OC(F)(F)F)cc5)cc4)CC3)cc1)CC2. The number of aromatic nitrogens is 2. The summed E-state index contributed by atoms with van der Waals surface area (Å²) in [5, 5.41) is 14.5. The lowest BCUT2D eigenvalue weighted by Crippen LogP contribution is -2.39. The van der Waals surface area contributed by atoms with Crippen molar-refractivity contribution in [2.75, 3.05) is 29.9 Å². The van der Waals surface area contributed by atoms with E-state index in [-0.39, 0.29) is 30.3 Å². The number of nitro groups is 1. The second-order valence-electron chi connectivity index (χ2n) is 11.1. The number of nitrogens with zero attached hydrogens (tertiary/aromatic N) is 4. The number of ether oxygens (including phenoxy) is 4. The van der Waals surface area contributed by atoms with Crippen LogP contribution in [0, 0.1) is 10.1 Å². The van der Waals surface area contributed by atoms with Crippen LogP contribution >= 0.6 is 0 Å². The number of imidazole rings is 1. The molecule has 2 aliphatic heterocycles. The lowest BCUT2D eigenvalue weighted by molar-refractivity contribution is -0.389. The van der Waals surface area contributed by atoms with Gasteiger partial charge in [-0.25, -0.2) is 0 Å². The quantitative estimate of drug-likeness (QED) is 0.144. The fraction of sp³-hybridized carbons (Fsp3) is 0.344. The van der Waals surface area contributed by atoms with Gasteiger partial charge in [-0.15, -0.1) is 13.2 Å². The molecule has 2 aliphatic rings. The van der Waals surface area contributed by atoms with E-state index in [0.717, 1.165) is 48.6 Å². The molecule has 0 radical (unpaired) electrons. The molecule has 46 heavy (non-hydrogen) atoms.